The Hall–Kier alpha value is -2.93. The van der Waals surface area contributed by atoms with E-state index in [1.807, 2.05) is 6.07 Å². The number of ether oxygens (including phenoxy) is 1. The molecular weight excluding hydrogens is 316 g/mol. The van der Waals surface area contributed by atoms with Gasteiger partial charge in [-0.3, -0.25) is 14.9 Å². The molecule has 1 heterocycles. The van der Waals surface area contributed by atoms with Crippen molar-refractivity contribution in [2.45, 2.75) is 0 Å². The lowest BCUT2D eigenvalue weighted by Gasteiger charge is -2.08. The quantitative estimate of drug-likeness (QED) is 0.578. The predicted molar refractivity (Wildman–Crippen MR) is 89.4 cm³/mol. The minimum absolute atomic E-state index is 0.00647. The largest absolute Gasteiger partial charge is 0.495 e. The van der Waals surface area contributed by atoms with Crippen LogP contribution in [0.25, 0.3) is 10.1 Å². The number of nitrogens with zero attached hydrogens (tertiary/aromatic N) is 1. The van der Waals surface area contributed by atoms with Crippen LogP contribution in [0.5, 0.6) is 5.75 Å². The highest BCUT2D eigenvalue weighted by atomic mass is 32.1. The van der Waals surface area contributed by atoms with Gasteiger partial charge in [-0.25, -0.2) is 0 Å². The van der Waals surface area contributed by atoms with Crippen LogP contribution in [0.4, 0.5) is 11.4 Å². The molecule has 2 aromatic carbocycles. The molecule has 0 unspecified atom stereocenters. The Bertz CT molecular complexity index is 904. The van der Waals surface area contributed by atoms with Gasteiger partial charge < -0.3 is 10.1 Å². The summed E-state index contributed by atoms with van der Waals surface area (Å²) in [5.74, 6) is 0.288. The Labute approximate surface area is 135 Å². The van der Waals surface area contributed by atoms with Crippen LogP contribution in [-0.2, 0) is 0 Å². The first-order valence-electron chi connectivity index (χ1n) is 6.71. The maximum Gasteiger partial charge on any atom is 0.270 e. The zero-order valence-electron chi connectivity index (χ0n) is 12.1. The molecule has 3 rings (SSSR count). The number of benzene rings is 2. The molecule has 23 heavy (non-hydrogen) atoms. The number of rotatable bonds is 4. The minimum atomic E-state index is -0.453. The molecule has 0 radical (unpaired) electrons. The topological polar surface area (TPSA) is 81.5 Å². The van der Waals surface area contributed by atoms with Crippen molar-refractivity contribution < 1.29 is 14.5 Å². The van der Waals surface area contributed by atoms with Crippen molar-refractivity contribution >= 4 is 38.7 Å². The SMILES string of the molecule is COc1ccccc1NC(=O)c1cc2cc([N+](=O)[O-])ccc2s1. The number of hydrogen-bond donors (Lipinski definition) is 1. The number of hydrogen-bond acceptors (Lipinski definition) is 5. The summed E-state index contributed by atoms with van der Waals surface area (Å²) in [5, 5.41) is 14.3. The van der Waals surface area contributed by atoms with Crippen LogP contribution in [0, 0.1) is 10.1 Å². The van der Waals surface area contributed by atoms with Crippen molar-refractivity contribution in [1.82, 2.24) is 0 Å². The summed E-state index contributed by atoms with van der Waals surface area (Å²) >= 11 is 1.28. The molecule has 1 amide bonds. The summed E-state index contributed by atoms with van der Waals surface area (Å²) in [5.41, 5.74) is 0.579. The van der Waals surface area contributed by atoms with E-state index >= 15 is 0 Å². The average Bonchev–Trinajstić information content (AvgIpc) is 2.98. The Morgan fingerprint density at radius 3 is 2.74 bits per heavy atom. The van der Waals surface area contributed by atoms with Crippen molar-refractivity contribution in [1.29, 1.82) is 0 Å². The van der Waals surface area contributed by atoms with Crippen LogP contribution < -0.4 is 10.1 Å². The summed E-state index contributed by atoms with van der Waals surface area (Å²) < 4.78 is 6.02. The molecule has 0 fully saturated rings. The molecule has 7 heteroatoms. The first-order chi connectivity index (χ1) is 11.1. The summed E-state index contributed by atoms with van der Waals surface area (Å²) in [6.07, 6.45) is 0. The zero-order chi connectivity index (χ0) is 16.4. The lowest BCUT2D eigenvalue weighted by atomic mass is 10.2. The smallest absolute Gasteiger partial charge is 0.270 e. The monoisotopic (exact) mass is 328 g/mol. The van der Waals surface area contributed by atoms with Gasteiger partial charge in [0, 0.05) is 22.2 Å². The summed E-state index contributed by atoms with van der Waals surface area (Å²) in [6, 6.07) is 13.3. The lowest BCUT2D eigenvalue weighted by Crippen LogP contribution is -2.10. The van der Waals surface area contributed by atoms with Gasteiger partial charge in [0.2, 0.25) is 0 Å². The molecule has 0 aliphatic rings. The molecule has 0 spiro atoms. The second kappa shape index (κ2) is 6.05. The Morgan fingerprint density at radius 2 is 2.00 bits per heavy atom. The standard InChI is InChI=1S/C16H12N2O4S/c1-22-13-5-3-2-4-12(13)17-16(19)15-9-10-8-11(18(20)21)6-7-14(10)23-15/h2-9H,1H3,(H,17,19). The van der Waals surface area contributed by atoms with E-state index < -0.39 is 4.92 Å². The number of non-ortho nitro benzene ring substituents is 1. The van der Waals surface area contributed by atoms with E-state index in [0.29, 0.717) is 21.7 Å². The summed E-state index contributed by atoms with van der Waals surface area (Å²) in [4.78, 5) is 23.2. The summed E-state index contributed by atoms with van der Waals surface area (Å²) in [7, 11) is 1.53. The number of amides is 1. The van der Waals surface area contributed by atoms with Gasteiger partial charge in [-0.05, 0) is 24.3 Å². The number of thiophene rings is 1. The van der Waals surface area contributed by atoms with Gasteiger partial charge in [-0.1, -0.05) is 12.1 Å². The number of fused-ring (bicyclic) bond motifs is 1. The second-order valence-corrected chi connectivity index (χ2v) is 5.83. The van der Waals surface area contributed by atoms with E-state index in [1.165, 1.54) is 30.6 Å². The van der Waals surface area contributed by atoms with Gasteiger partial charge in [-0.15, -0.1) is 11.3 Å². The van der Waals surface area contributed by atoms with Gasteiger partial charge in [0.05, 0.1) is 22.6 Å². The molecule has 0 atom stereocenters. The van der Waals surface area contributed by atoms with Crippen molar-refractivity contribution in [3.63, 3.8) is 0 Å². The minimum Gasteiger partial charge on any atom is -0.495 e. The molecule has 1 N–H and O–H groups in total. The fourth-order valence-corrected chi connectivity index (χ4v) is 3.13. The third-order valence-corrected chi connectivity index (χ3v) is 4.40. The van der Waals surface area contributed by atoms with E-state index in [2.05, 4.69) is 5.32 Å². The molecule has 116 valence electrons. The number of para-hydroxylation sites is 2. The first-order valence-corrected chi connectivity index (χ1v) is 7.52. The van der Waals surface area contributed by atoms with Gasteiger partial charge in [0.25, 0.3) is 11.6 Å². The number of anilines is 1. The van der Waals surface area contributed by atoms with Crippen LogP contribution in [0.3, 0.4) is 0 Å². The average molecular weight is 328 g/mol. The third-order valence-electron chi connectivity index (χ3n) is 3.29. The van der Waals surface area contributed by atoms with Crippen molar-refractivity contribution in [2.24, 2.45) is 0 Å². The van der Waals surface area contributed by atoms with Crippen molar-refractivity contribution in [3.8, 4) is 5.75 Å². The molecule has 0 bridgehead atoms. The van der Waals surface area contributed by atoms with Gasteiger partial charge in [0.1, 0.15) is 5.75 Å². The van der Waals surface area contributed by atoms with Crippen LogP contribution in [0.15, 0.2) is 48.5 Å². The summed E-state index contributed by atoms with van der Waals surface area (Å²) in [6.45, 7) is 0. The normalized spacial score (nSPS) is 10.5. The van der Waals surface area contributed by atoms with Crippen LogP contribution in [-0.4, -0.2) is 17.9 Å². The number of methoxy groups -OCH3 is 1. The Balaban J connectivity index is 1.90. The van der Waals surface area contributed by atoms with Gasteiger partial charge >= 0.3 is 0 Å². The maximum atomic E-state index is 12.4. The van der Waals surface area contributed by atoms with Gasteiger partial charge in [0.15, 0.2) is 0 Å². The molecule has 6 nitrogen and oxygen atoms in total. The first kappa shape index (κ1) is 15.0. The number of nitrogens with one attached hydrogen (secondary N) is 1. The van der Waals surface area contributed by atoms with E-state index in [4.69, 9.17) is 4.74 Å². The molecule has 3 aromatic rings. The zero-order valence-corrected chi connectivity index (χ0v) is 12.9. The van der Waals surface area contributed by atoms with Gasteiger partial charge in [-0.2, -0.15) is 0 Å². The second-order valence-electron chi connectivity index (χ2n) is 4.74. The number of nitro groups is 1. The van der Waals surface area contributed by atoms with Crippen molar-refractivity contribution in [3.05, 3.63) is 63.5 Å². The maximum absolute atomic E-state index is 12.4. The molecule has 0 saturated carbocycles. The highest BCUT2D eigenvalue weighted by molar-refractivity contribution is 7.20. The Morgan fingerprint density at radius 1 is 1.22 bits per heavy atom. The van der Waals surface area contributed by atoms with Crippen LogP contribution >= 0.6 is 11.3 Å². The van der Waals surface area contributed by atoms with E-state index in [-0.39, 0.29) is 11.6 Å². The third kappa shape index (κ3) is 3.00. The Kier molecular flexibility index (Phi) is 3.94. The fraction of sp³-hybridized carbons (Fsp3) is 0.0625. The predicted octanol–water partition coefficient (Wildman–Crippen LogP) is 4.07. The van der Waals surface area contributed by atoms with E-state index in [0.717, 1.165) is 4.70 Å². The molecule has 0 saturated heterocycles. The van der Waals surface area contributed by atoms with Crippen LogP contribution in [0.1, 0.15) is 9.67 Å². The van der Waals surface area contributed by atoms with E-state index in [9.17, 15) is 14.9 Å². The lowest BCUT2D eigenvalue weighted by molar-refractivity contribution is -0.384. The number of nitro benzene ring substituents is 1. The molecule has 0 aliphatic carbocycles. The molecule has 0 aliphatic heterocycles. The highest BCUT2D eigenvalue weighted by Gasteiger charge is 2.14. The molecular formula is C16H12N2O4S. The number of carbonyl (C=O) groups excluding carboxylic acids is 1. The highest BCUT2D eigenvalue weighted by Crippen LogP contribution is 2.30. The van der Waals surface area contributed by atoms with Crippen LogP contribution in [0.2, 0.25) is 0 Å². The number of carbonyl (C=O) groups is 1. The van der Waals surface area contributed by atoms with E-state index in [1.54, 1.807) is 30.3 Å². The van der Waals surface area contributed by atoms with Crippen molar-refractivity contribution in [2.75, 3.05) is 12.4 Å². The fourth-order valence-electron chi connectivity index (χ4n) is 2.19. The molecule has 1 aromatic heterocycles.